The van der Waals surface area contributed by atoms with Crippen molar-refractivity contribution in [2.24, 2.45) is 23.5 Å². The number of amides is 2. The molecular formula is C36H38N8O3. The average Bonchev–Trinajstić information content (AvgIpc) is 3.44. The molecule has 2 bridgehead atoms. The van der Waals surface area contributed by atoms with Crippen LogP contribution in [0.3, 0.4) is 0 Å². The first kappa shape index (κ1) is 28.5. The molecule has 3 atom stereocenters. The Bertz CT molecular complexity index is 2030. The number of nitrogens with two attached hydrogens (primary N) is 1. The van der Waals surface area contributed by atoms with Crippen molar-refractivity contribution in [2.45, 2.75) is 50.9 Å². The summed E-state index contributed by atoms with van der Waals surface area (Å²) in [6.45, 7) is 3.53. The number of nitrogens with zero attached hydrogens (tertiary/aromatic N) is 7. The van der Waals surface area contributed by atoms with E-state index in [1.54, 1.807) is 19.4 Å². The number of aromatic nitrogens is 5. The van der Waals surface area contributed by atoms with Crippen LogP contribution >= 0.6 is 0 Å². The maximum Gasteiger partial charge on any atom is 0.272 e. The maximum absolute atomic E-state index is 13.9. The summed E-state index contributed by atoms with van der Waals surface area (Å²) in [7, 11) is 1.66. The van der Waals surface area contributed by atoms with Crippen LogP contribution in [0.15, 0.2) is 61.1 Å². The predicted molar refractivity (Wildman–Crippen MR) is 177 cm³/mol. The van der Waals surface area contributed by atoms with E-state index in [9.17, 15) is 9.59 Å². The largest absolute Gasteiger partial charge is 0.494 e. The van der Waals surface area contributed by atoms with Crippen LogP contribution in [0.2, 0.25) is 0 Å². The van der Waals surface area contributed by atoms with Crippen LogP contribution in [0.4, 0.5) is 0 Å². The molecule has 9 rings (SSSR count). The Labute approximate surface area is 272 Å². The second kappa shape index (κ2) is 10.9. The van der Waals surface area contributed by atoms with Crippen molar-refractivity contribution in [3.8, 4) is 17.3 Å². The number of hydrogen-bond acceptors (Lipinski definition) is 7. The molecule has 2 N–H and O–H groups in total. The summed E-state index contributed by atoms with van der Waals surface area (Å²) in [5, 5.41) is 1.18. The summed E-state index contributed by atoms with van der Waals surface area (Å²) in [5.74, 6) is 2.63. The summed E-state index contributed by atoms with van der Waals surface area (Å²) < 4.78 is 10.7. The number of carbonyl (C=O) groups excluding carboxylic acids is 2. The van der Waals surface area contributed by atoms with Crippen LogP contribution in [0.25, 0.3) is 33.5 Å². The third-order valence-electron chi connectivity index (χ3n) is 10.9. The van der Waals surface area contributed by atoms with Gasteiger partial charge in [0.05, 0.1) is 18.3 Å². The minimum atomic E-state index is -0.0833. The number of ether oxygens (including phenoxy) is 1. The van der Waals surface area contributed by atoms with Gasteiger partial charge in [-0.1, -0.05) is 18.2 Å². The van der Waals surface area contributed by atoms with E-state index < -0.39 is 0 Å². The number of imidazole rings is 1. The molecule has 2 unspecified atom stereocenters. The van der Waals surface area contributed by atoms with Crippen molar-refractivity contribution in [3.63, 3.8) is 0 Å². The second-order valence-corrected chi connectivity index (χ2v) is 13.8. The van der Waals surface area contributed by atoms with Gasteiger partial charge in [-0.05, 0) is 67.9 Å². The van der Waals surface area contributed by atoms with E-state index in [2.05, 4.69) is 49.4 Å². The standard InChI is InChI=1S/C36H38N8O3/c1-47-31-14-25(35(45)43-19-24-8-9-29(43)32(24)37)12-27-33(31)44(18-22-15-41(16-22)36(46)26-10-11-38-20-39-26)34(40-27)30-13-23-4-2-3-5-28(23)42(30)17-21-6-7-21/h2-5,10-14,20-22,24,29,32H,6-9,15-19,37H2,1H3/t24?,29?,32-/m1/s1. The Balaban J connectivity index is 1.13. The first-order valence-corrected chi connectivity index (χ1v) is 16.8. The van der Waals surface area contributed by atoms with Crippen LogP contribution in [0.1, 0.15) is 46.5 Å². The third kappa shape index (κ3) is 4.70. The third-order valence-corrected chi connectivity index (χ3v) is 10.9. The molecule has 11 nitrogen and oxygen atoms in total. The van der Waals surface area contributed by atoms with E-state index in [1.165, 1.54) is 30.1 Å². The fourth-order valence-corrected chi connectivity index (χ4v) is 8.17. The van der Waals surface area contributed by atoms with Gasteiger partial charge in [0.1, 0.15) is 23.3 Å². The molecule has 5 heterocycles. The molecule has 2 amide bonds. The van der Waals surface area contributed by atoms with Crippen molar-refractivity contribution in [2.75, 3.05) is 26.7 Å². The molecule has 2 saturated carbocycles. The molecule has 0 spiro atoms. The van der Waals surface area contributed by atoms with Crippen molar-refractivity contribution < 1.29 is 14.3 Å². The molecule has 4 aliphatic rings. The molecule has 2 aromatic carbocycles. The fraction of sp³-hybridized carbons (Fsp3) is 0.417. The topological polar surface area (TPSA) is 124 Å². The predicted octanol–water partition coefficient (Wildman–Crippen LogP) is 4.20. The van der Waals surface area contributed by atoms with Gasteiger partial charge in [-0.15, -0.1) is 0 Å². The minimum Gasteiger partial charge on any atom is -0.494 e. The van der Waals surface area contributed by atoms with Crippen LogP contribution in [-0.4, -0.2) is 84.5 Å². The quantitative estimate of drug-likeness (QED) is 0.273. The first-order chi connectivity index (χ1) is 23.0. The van der Waals surface area contributed by atoms with Gasteiger partial charge in [0, 0.05) is 73.4 Å². The number of benzene rings is 2. The molecule has 0 radical (unpaired) electrons. The van der Waals surface area contributed by atoms with Crippen LogP contribution in [-0.2, 0) is 13.1 Å². The first-order valence-electron chi connectivity index (χ1n) is 16.8. The smallest absolute Gasteiger partial charge is 0.272 e. The highest BCUT2D eigenvalue weighted by molar-refractivity contribution is 6.00. The Hall–Kier alpha value is -4.77. The lowest BCUT2D eigenvalue weighted by atomic mass is 9.99. The number of fused-ring (bicyclic) bond motifs is 4. The second-order valence-electron chi connectivity index (χ2n) is 13.8. The molecule has 2 saturated heterocycles. The van der Waals surface area contributed by atoms with Gasteiger partial charge in [-0.3, -0.25) is 9.59 Å². The number of methoxy groups -OCH3 is 1. The monoisotopic (exact) mass is 630 g/mol. The molecule has 4 fully saturated rings. The lowest BCUT2D eigenvalue weighted by Crippen LogP contribution is -2.51. The zero-order valence-corrected chi connectivity index (χ0v) is 26.5. The number of hydrogen-bond donors (Lipinski definition) is 1. The fourth-order valence-electron chi connectivity index (χ4n) is 8.17. The Kier molecular flexibility index (Phi) is 6.60. The SMILES string of the molecule is COc1cc(C(=O)N2CC3CCC2[C@@H]3N)cc2nc(-c3cc4ccccc4n3CC3CC3)n(CC3CN(C(=O)c4ccncn4)C3)c12. The van der Waals surface area contributed by atoms with E-state index in [0.717, 1.165) is 41.9 Å². The number of carbonyl (C=O) groups is 2. The summed E-state index contributed by atoms with van der Waals surface area (Å²) >= 11 is 0. The van der Waals surface area contributed by atoms with E-state index in [1.807, 2.05) is 21.9 Å². The van der Waals surface area contributed by atoms with Crippen molar-refractivity contribution in [3.05, 3.63) is 72.3 Å². The van der Waals surface area contributed by atoms with E-state index in [-0.39, 0.29) is 29.8 Å². The highest BCUT2D eigenvalue weighted by atomic mass is 16.5. The summed E-state index contributed by atoms with van der Waals surface area (Å²) in [5.41, 5.74) is 11.3. The summed E-state index contributed by atoms with van der Waals surface area (Å²) in [4.78, 5) is 44.2. The molecule has 240 valence electrons. The summed E-state index contributed by atoms with van der Waals surface area (Å²) in [6, 6.07) is 16.3. The van der Waals surface area contributed by atoms with Gasteiger partial charge < -0.3 is 29.4 Å². The zero-order chi connectivity index (χ0) is 31.8. The molecule has 2 aliphatic heterocycles. The van der Waals surface area contributed by atoms with E-state index in [0.29, 0.717) is 55.0 Å². The normalized spacial score (nSPS) is 22.4. The number of piperidine rings is 1. The van der Waals surface area contributed by atoms with Gasteiger partial charge in [0.25, 0.3) is 11.8 Å². The number of rotatable bonds is 8. The van der Waals surface area contributed by atoms with Crippen molar-refractivity contribution >= 4 is 33.8 Å². The van der Waals surface area contributed by atoms with Gasteiger partial charge in [0.15, 0.2) is 5.82 Å². The molecule has 2 aliphatic carbocycles. The van der Waals surface area contributed by atoms with Crippen LogP contribution in [0.5, 0.6) is 5.75 Å². The lowest BCUT2D eigenvalue weighted by Gasteiger charge is -2.39. The van der Waals surface area contributed by atoms with Crippen LogP contribution in [0, 0.1) is 17.8 Å². The van der Waals surface area contributed by atoms with Crippen molar-refractivity contribution in [1.82, 2.24) is 33.9 Å². The average molecular weight is 631 g/mol. The summed E-state index contributed by atoms with van der Waals surface area (Å²) in [6.07, 6.45) is 7.52. The Morgan fingerprint density at radius 3 is 2.49 bits per heavy atom. The van der Waals surface area contributed by atoms with E-state index in [4.69, 9.17) is 15.5 Å². The van der Waals surface area contributed by atoms with Gasteiger partial charge in [0.2, 0.25) is 0 Å². The molecule has 5 aromatic rings. The minimum absolute atomic E-state index is 0.00957. The Morgan fingerprint density at radius 2 is 1.77 bits per heavy atom. The maximum atomic E-state index is 13.9. The van der Waals surface area contributed by atoms with Crippen LogP contribution < -0.4 is 10.5 Å². The van der Waals surface area contributed by atoms with Gasteiger partial charge in [-0.2, -0.15) is 0 Å². The van der Waals surface area contributed by atoms with Crippen molar-refractivity contribution in [1.29, 1.82) is 0 Å². The number of para-hydroxylation sites is 1. The zero-order valence-electron chi connectivity index (χ0n) is 26.5. The molecular weight excluding hydrogens is 592 g/mol. The van der Waals surface area contributed by atoms with Gasteiger partial charge >= 0.3 is 0 Å². The highest BCUT2D eigenvalue weighted by Crippen LogP contribution is 2.41. The molecule has 47 heavy (non-hydrogen) atoms. The lowest BCUT2D eigenvalue weighted by molar-refractivity contribution is 0.0465. The highest BCUT2D eigenvalue weighted by Gasteiger charge is 2.47. The number of likely N-dealkylation sites (tertiary alicyclic amines) is 2. The molecule has 11 heteroatoms. The van der Waals surface area contributed by atoms with E-state index >= 15 is 0 Å². The molecule has 3 aromatic heterocycles. The Morgan fingerprint density at radius 1 is 0.936 bits per heavy atom. The van der Waals surface area contributed by atoms with Gasteiger partial charge in [-0.25, -0.2) is 15.0 Å².